The molecule has 0 aliphatic rings. The van der Waals surface area contributed by atoms with Crippen LogP contribution in [0.1, 0.15) is 13.3 Å². The third kappa shape index (κ3) is 4.69. The van der Waals surface area contributed by atoms with Crippen LogP contribution < -0.4 is 5.32 Å². The maximum absolute atomic E-state index is 13.1. The Hall–Kier alpha value is -2.08. The molecule has 0 fully saturated rings. The highest BCUT2D eigenvalue weighted by atomic mass is 19.4. The fraction of sp³-hybridized carbons (Fsp3) is 0.700. The van der Waals surface area contributed by atoms with Gasteiger partial charge in [0, 0.05) is 0 Å². The summed E-state index contributed by atoms with van der Waals surface area (Å²) in [5.74, 6) is -19.6. The highest BCUT2D eigenvalue weighted by Gasteiger charge is 2.76. The summed E-state index contributed by atoms with van der Waals surface area (Å²) < 4.78 is 91.4. The van der Waals surface area contributed by atoms with Gasteiger partial charge in [0.1, 0.15) is 6.04 Å². The average Bonchev–Trinajstić information content (AvgIpc) is 2.35. The van der Waals surface area contributed by atoms with Crippen LogP contribution in [-0.4, -0.2) is 53.6 Å². The van der Waals surface area contributed by atoms with Crippen LogP contribution in [0.5, 0.6) is 0 Å². The van der Waals surface area contributed by atoms with Crippen molar-refractivity contribution in [2.24, 2.45) is 0 Å². The molecule has 6 nitrogen and oxygen atoms in total. The highest BCUT2D eigenvalue weighted by molar-refractivity contribution is 5.91. The number of ether oxygens (including phenoxy) is 1. The summed E-state index contributed by atoms with van der Waals surface area (Å²) in [7, 11) is 0. The fourth-order valence-corrected chi connectivity index (χ4v) is 1.18. The Balaban J connectivity index is 5.39. The molecule has 1 atom stereocenters. The third-order valence-corrected chi connectivity index (χ3v) is 2.29. The number of hydrogen-bond acceptors (Lipinski definition) is 4. The summed E-state index contributed by atoms with van der Waals surface area (Å²) in [6.45, 7) is 0.823. The first-order valence-electron chi connectivity index (χ1n) is 5.70. The van der Waals surface area contributed by atoms with Crippen molar-refractivity contribution in [3.8, 4) is 0 Å². The Morgan fingerprint density at radius 3 is 1.91 bits per heavy atom. The molecule has 0 aromatic carbocycles. The van der Waals surface area contributed by atoms with Gasteiger partial charge in [-0.05, 0) is 6.92 Å². The van der Waals surface area contributed by atoms with Crippen LogP contribution in [0.4, 0.5) is 30.7 Å². The molecule has 0 radical (unpaired) electrons. The lowest BCUT2D eigenvalue weighted by atomic mass is 10.1. The first-order chi connectivity index (χ1) is 10.2. The van der Waals surface area contributed by atoms with Gasteiger partial charge >= 0.3 is 30.0 Å². The van der Waals surface area contributed by atoms with E-state index in [0.29, 0.717) is 0 Å². The van der Waals surface area contributed by atoms with E-state index in [1.54, 1.807) is 0 Å². The zero-order chi connectivity index (χ0) is 18.6. The molecular formula is C10H10F7NO5. The van der Waals surface area contributed by atoms with Gasteiger partial charge in [0.2, 0.25) is 0 Å². The second-order valence-electron chi connectivity index (χ2n) is 4.02. The van der Waals surface area contributed by atoms with Gasteiger partial charge in [-0.25, -0.2) is 4.79 Å². The second-order valence-corrected chi connectivity index (χ2v) is 4.02. The number of esters is 1. The van der Waals surface area contributed by atoms with Gasteiger partial charge in [0.15, 0.2) is 0 Å². The third-order valence-electron chi connectivity index (χ3n) is 2.29. The van der Waals surface area contributed by atoms with Crippen molar-refractivity contribution < 1.29 is 55.0 Å². The number of carboxylic acid groups (broad SMARTS) is 1. The molecular weight excluding hydrogens is 347 g/mol. The normalized spacial score (nSPS) is 14.1. The van der Waals surface area contributed by atoms with Gasteiger partial charge in [0.25, 0.3) is 5.91 Å². The number of aliphatic carboxylic acids is 1. The average molecular weight is 357 g/mol. The van der Waals surface area contributed by atoms with Crippen molar-refractivity contribution >= 4 is 17.8 Å². The second kappa shape index (κ2) is 7.00. The van der Waals surface area contributed by atoms with Gasteiger partial charge in [0.05, 0.1) is 13.0 Å². The number of carboxylic acids is 1. The van der Waals surface area contributed by atoms with Crippen molar-refractivity contribution in [3.05, 3.63) is 0 Å². The lowest BCUT2D eigenvalue weighted by molar-refractivity contribution is -0.344. The van der Waals surface area contributed by atoms with E-state index < -0.39 is 48.3 Å². The van der Waals surface area contributed by atoms with Crippen LogP contribution in [-0.2, 0) is 19.1 Å². The van der Waals surface area contributed by atoms with Gasteiger partial charge in [-0.2, -0.15) is 30.7 Å². The monoisotopic (exact) mass is 357 g/mol. The topological polar surface area (TPSA) is 92.7 Å². The largest absolute Gasteiger partial charge is 0.481 e. The van der Waals surface area contributed by atoms with Crippen molar-refractivity contribution in [2.75, 3.05) is 6.61 Å². The number of carbonyl (C=O) groups is 3. The van der Waals surface area contributed by atoms with Gasteiger partial charge in [-0.3, -0.25) is 9.59 Å². The van der Waals surface area contributed by atoms with Crippen LogP contribution in [0, 0.1) is 0 Å². The fourth-order valence-electron chi connectivity index (χ4n) is 1.18. The number of alkyl halides is 7. The molecule has 0 aliphatic carbocycles. The number of halogens is 7. The molecule has 0 rings (SSSR count). The number of nitrogens with one attached hydrogen (secondary N) is 1. The maximum atomic E-state index is 13.1. The molecule has 0 aromatic rings. The van der Waals surface area contributed by atoms with E-state index in [0.717, 1.165) is 5.32 Å². The van der Waals surface area contributed by atoms with E-state index in [9.17, 15) is 45.1 Å². The van der Waals surface area contributed by atoms with Crippen LogP contribution in [0.25, 0.3) is 0 Å². The van der Waals surface area contributed by atoms with Crippen LogP contribution in [0.2, 0.25) is 0 Å². The number of amides is 1. The van der Waals surface area contributed by atoms with Crippen LogP contribution in [0.3, 0.4) is 0 Å². The molecule has 0 bridgehead atoms. The lowest BCUT2D eigenvalue weighted by Crippen LogP contribution is -2.61. The molecule has 134 valence electrons. The molecule has 0 aromatic heterocycles. The molecule has 0 saturated carbocycles. The van der Waals surface area contributed by atoms with Gasteiger partial charge < -0.3 is 15.2 Å². The first-order valence-corrected chi connectivity index (χ1v) is 5.70. The van der Waals surface area contributed by atoms with E-state index in [1.165, 1.54) is 6.92 Å². The zero-order valence-corrected chi connectivity index (χ0v) is 11.2. The standard InChI is InChI=1S/C10H10F7NO5/c1-2-23-6(21)4(3-5(19)20)18-7(22)8(11,12)9(13,14)10(15,16)17/h4H,2-3H2,1H3,(H,18,22)(H,19,20). The molecule has 23 heavy (non-hydrogen) atoms. The number of carbonyl (C=O) groups excluding carboxylic acids is 2. The first kappa shape index (κ1) is 20.9. The minimum absolute atomic E-state index is 0.389. The van der Waals surface area contributed by atoms with Crippen molar-refractivity contribution in [2.45, 2.75) is 37.4 Å². The number of rotatable bonds is 7. The Morgan fingerprint density at radius 2 is 1.57 bits per heavy atom. The predicted octanol–water partition coefficient (Wildman–Crippen LogP) is 1.34. The van der Waals surface area contributed by atoms with Gasteiger partial charge in [-0.15, -0.1) is 0 Å². The Morgan fingerprint density at radius 1 is 1.09 bits per heavy atom. The van der Waals surface area contributed by atoms with E-state index in [-0.39, 0.29) is 6.61 Å². The van der Waals surface area contributed by atoms with E-state index in [4.69, 9.17) is 5.11 Å². The quantitative estimate of drug-likeness (QED) is 0.530. The highest BCUT2D eigenvalue weighted by Crippen LogP contribution is 2.46. The Kier molecular flexibility index (Phi) is 6.37. The molecule has 1 amide bonds. The smallest absolute Gasteiger partial charge is 0.460 e. The van der Waals surface area contributed by atoms with Crippen molar-refractivity contribution in [1.29, 1.82) is 0 Å². The van der Waals surface area contributed by atoms with E-state index in [2.05, 4.69) is 4.74 Å². The van der Waals surface area contributed by atoms with E-state index in [1.807, 2.05) is 0 Å². The molecule has 1 unspecified atom stereocenters. The summed E-state index contributed by atoms with van der Waals surface area (Å²) >= 11 is 0. The summed E-state index contributed by atoms with van der Waals surface area (Å²) in [5.41, 5.74) is 0. The van der Waals surface area contributed by atoms with Crippen LogP contribution in [0.15, 0.2) is 0 Å². The SMILES string of the molecule is CCOC(=O)C(CC(=O)O)NC(=O)C(F)(F)C(F)(F)C(F)(F)F. The molecule has 0 aliphatic heterocycles. The lowest BCUT2D eigenvalue weighted by Gasteiger charge is -2.28. The minimum atomic E-state index is -6.75. The van der Waals surface area contributed by atoms with Crippen LogP contribution >= 0.6 is 0 Å². The summed E-state index contributed by atoms with van der Waals surface area (Å²) in [4.78, 5) is 32.7. The molecule has 0 spiro atoms. The summed E-state index contributed by atoms with van der Waals surface area (Å²) in [5, 5.41) is 9.26. The molecule has 2 N–H and O–H groups in total. The summed E-state index contributed by atoms with van der Waals surface area (Å²) in [6.07, 6.45) is -8.11. The Labute approximate surface area is 123 Å². The van der Waals surface area contributed by atoms with E-state index >= 15 is 0 Å². The molecule has 13 heteroatoms. The minimum Gasteiger partial charge on any atom is -0.481 e. The van der Waals surface area contributed by atoms with Crippen molar-refractivity contribution in [1.82, 2.24) is 5.32 Å². The van der Waals surface area contributed by atoms with Crippen molar-refractivity contribution in [3.63, 3.8) is 0 Å². The molecule has 0 saturated heterocycles. The number of hydrogen-bond donors (Lipinski definition) is 2. The van der Waals surface area contributed by atoms with Gasteiger partial charge in [-0.1, -0.05) is 0 Å². The zero-order valence-electron chi connectivity index (χ0n) is 11.2. The predicted molar refractivity (Wildman–Crippen MR) is 56.8 cm³/mol. The molecule has 0 heterocycles. The summed E-state index contributed by atoms with van der Waals surface area (Å²) in [6, 6.07) is -2.37. The maximum Gasteiger partial charge on any atom is 0.460 e. The Bertz CT molecular complexity index is 477.